The van der Waals surface area contributed by atoms with Gasteiger partial charge in [0.05, 0.1) is 13.7 Å². The van der Waals surface area contributed by atoms with Crippen LogP contribution in [0.15, 0.2) is 48.5 Å². The van der Waals surface area contributed by atoms with Gasteiger partial charge in [-0.15, -0.1) is 0 Å². The third kappa shape index (κ3) is 5.41. The number of nitrogens with one attached hydrogen (secondary N) is 1. The summed E-state index contributed by atoms with van der Waals surface area (Å²) in [5, 5.41) is 3.42. The van der Waals surface area contributed by atoms with Crippen molar-refractivity contribution in [2.45, 2.75) is 26.3 Å². The molecule has 22 heavy (non-hydrogen) atoms. The van der Waals surface area contributed by atoms with Crippen LogP contribution in [-0.2, 0) is 13.0 Å². The minimum Gasteiger partial charge on any atom is -0.497 e. The summed E-state index contributed by atoms with van der Waals surface area (Å²) in [7, 11) is 1.68. The van der Waals surface area contributed by atoms with E-state index in [2.05, 4.69) is 36.5 Å². The highest BCUT2D eigenvalue weighted by Gasteiger charge is 1.96. The second kappa shape index (κ2) is 9.11. The second-order valence-electron chi connectivity index (χ2n) is 5.22. The average Bonchev–Trinajstić information content (AvgIpc) is 2.59. The Bertz CT molecular complexity index is 483. The lowest BCUT2D eigenvalue weighted by Crippen LogP contribution is -2.17. The molecule has 2 aromatic rings. The molecule has 0 amide bonds. The van der Waals surface area contributed by atoms with Crippen LogP contribution in [0.4, 0.5) is 0 Å². The first-order chi connectivity index (χ1) is 10.8. The summed E-state index contributed by atoms with van der Waals surface area (Å²) < 4.78 is 10.9. The van der Waals surface area contributed by atoms with E-state index in [0.29, 0.717) is 0 Å². The summed E-state index contributed by atoms with van der Waals surface area (Å²) in [5.41, 5.74) is 2.60. The predicted octanol–water partition coefficient (Wildman–Crippen LogP) is 3.82. The summed E-state index contributed by atoms with van der Waals surface area (Å²) in [4.78, 5) is 0. The van der Waals surface area contributed by atoms with Crippen LogP contribution >= 0.6 is 0 Å². The Balaban J connectivity index is 1.58. The Morgan fingerprint density at radius 2 is 1.50 bits per heavy atom. The molecule has 3 heteroatoms. The molecule has 0 aliphatic heterocycles. The van der Waals surface area contributed by atoms with Gasteiger partial charge in [0.1, 0.15) is 11.5 Å². The fourth-order valence-electron chi connectivity index (χ4n) is 2.18. The summed E-state index contributed by atoms with van der Waals surface area (Å²) in [6.45, 7) is 4.71. The largest absolute Gasteiger partial charge is 0.497 e. The number of methoxy groups -OCH3 is 1. The first-order valence-electron chi connectivity index (χ1n) is 7.87. The van der Waals surface area contributed by atoms with Crippen LogP contribution in [-0.4, -0.2) is 20.3 Å². The Morgan fingerprint density at radius 3 is 2.14 bits per heavy atom. The zero-order valence-electron chi connectivity index (χ0n) is 13.5. The number of aryl methyl sites for hydroxylation is 1. The first kappa shape index (κ1) is 16.4. The van der Waals surface area contributed by atoms with Crippen LogP contribution in [0.5, 0.6) is 11.5 Å². The van der Waals surface area contributed by atoms with Gasteiger partial charge in [-0.2, -0.15) is 0 Å². The van der Waals surface area contributed by atoms with Crippen molar-refractivity contribution >= 4 is 0 Å². The van der Waals surface area contributed by atoms with Gasteiger partial charge in [0.25, 0.3) is 0 Å². The van der Waals surface area contributed by atoms with Gasteiger partial charge in [-0.05, 0) is 54.8 Å². The lowest BCUT2D eigenvalue weighted by atomic mass is 10.2. The Morgan fingerprint density at radius 1 is 0.864 bits per heavy atom. The highest BCUT2D eigenvalue weighted by atomic mass is 16.5. The normalized spacial score (nSPS) is 10.5. The molecule has 0 aromatic heterocycles. The van der Waals surface area contributed by atoms with E-state index < -0.39 is 0 Å². The van der Waals surface area contributed by atoms with E-state index in [1.165, 1.54) is 11.1 Å². The molecule has 0 spiro atoms. The number of rotatable bonds is 9. The Labute approximate surface area is 133 Å². The van der Waals surface area contributed by atoms with Crippen molar-refractivity contribution < 1.29 is 9.47 Å². The molecule has 0 aliphatic rings. The van der Waals surface area contributed by atoms with E-state index in [1.807, 2.05) is 24.3 Å². The van der Waals surface area contributed by atoms with Crippen molar-refractivity contribution in [2.75, 3.05) is 20.3 Å². The van der Waals surface area contributed by atoms with Crippen molar-refractivity contribution in [1.29, 1.82) is 0 Å². The van der Waals surface area contributed by atoms with Crippen LogP contribution in [0.2, 0.25) is 0 Å². The molecule has 2 aromatic carbocycles. The minimum atomic E-state index is 0.737. The molecule has 0 saturated carbocycles. The van der Waals surface area contributed by atoms with Crippen LogP contribution < -0.4 is 14.8 Å². The molecule has 0 bridgehead atoms. The molecule has 0 unspecified atom stereocenters. The fraction of sp³-hybridized carbons (Fsp3) is 0.368. The lowest BCUT2D eigenvalue weighted by Gasteiger charge is -2.08. The van der Waals surface area contributed by atoms with Gasteiger partial charge in [-0.25, -0.2) is 0 Å². The smallest absolute Gasteiger partial charge is 0.119 e. The van der Waals surface area contributed by atoms with E-state index >= 15 is 0 Å². The number of hydrogen-bond acceptors (Lipinski definition) is 3. The summed E-state index contributed by atoms with van der Waals surface area (Å²) in [6, 6.07) is 16.5. The molecule has 0 fully saturated rings. The molecule has 1 N–H and O–H groups in total. The minimum absolute atomic E-state index is 0.737. The van der Waals surface area contributed by atoms with Crippen LogP contribution in [0.25, 0.3) is 0 Å². The summed E-state index contributed by atoms with van der Waals surface area (Å²) in [5.74, 6) is 1.85. The van der Waals surface area contributed by atoms with E-state index in [4.69, 9.17) is 9.47 Å². The second-order valence-corrected chi connectivity index (χ2v) is 5.22. The van der Waals surface area contributed by atoms with Crippen molar-refractivity contribution in [3.63, 3.8) is 0 Å². The molecular formula is C19H25NO2. The van der Waals surface area contributed by atoms with Gasteiger partial charge < -0.3 is 14.8 Å². The zero-order valence-corrected chi connectivity index (χ0v) is 13.5. The topological polar surface area (TPSA) is 30.5 Å². The summed E-state index contributed by atoms with van der Waals surface area (Å²) in [6.07, 6.45) is 2.06. The fourth-order valence-corrected chi connectivity index (χ4v) is 2.18. The molecule has 0 heterocycles. The Kier molecular flexibility index (Phi) is 6.78. The third-order valence-electron chi connectivity index (χ3n) is 3.59. The van der Waals surface area contributed by atoms with Crippen LogP contribution in [0.1, 0.15) is 24.5 Å². The monoisotopic (exact) mass is 299 g/mol. The van der Waals surface area contributed by atoms with Gasteiger partial charge in [0.2, 0.25) is 0 Å². The standard InChI is InChI=1S/C19H25NO2/c1-3-16-5-11-19(12-6-16)22-14-4-13-20-15-17-7-9-18(21-2)10-8-17/h5-12,20H,3-4,13-15H2,1-2H3. The zero-order chi connectivity index (χ0) is 15.6. The Hall–Kier alpha value is -2.00. The molecule has 0 radical (unpaired) electrons. The highest BCUT2D eigenvalue weighted by molar-refractivity contribution is 5.27. The maximum atomic E-state index is 5.73. The SMILES string of the molecule is CCc1ccc(OCCCNCc2ccc(OC)cc2)cc1. The molecule has 118 valence electrons. The maximum absolute atomic E-state index is 5.73. The van der Waals surface area contributed by atoms with Crippen molar-refractivity contribution in [2.24, 2.45) is 0 Å². The van der Waals surface area contributed by atoms with Crippen LogP contribution in [0.3, 0.4) is 0 Å². The van der Waals surface area contributed by atoms with Crippen LogP contribution in [0, 0.1) is 0 Å². The van der Waals surface area contributed by atoms with E-state index in [0.717, 1.165) is 44.0 Å². The van der Waals surface area contributed by atoms with Crippen molar-refractivity contribution in [3.05, 3.63) is 59.7 Å². The number of ether oxygens (including phenoxy) is 2. The van der Waals surface area contributed by atoms with Crippen molar-refractivity contribution in [3.8, 4) is 11.5 Å². The van der Waals surface area contributed by atoms with E-state index in [-0.39, 0.29) is 0 Å². The van der Waals surface area contributed by atoms with Gasteiger partial charge in [-0.1, -0.05) is 31.2 Å². The molecule has 0 aliphatic carbocycles. The number of benzene rings is 2. The molecule has 0 atom stereocenters. The van der Waals surface area contributed by atoms with Gasteiger partial charge in [0.15, 0.2) is 0 Å². The first-order valence-corrected chi connectivity index (χ1v) is 7.87. The number of hydrogen-bond donors (Lipinski definition) is 1. The molecule has 2 rings (SSSR count). The van der Waals surface area contributed by atoms with Gasteiger partial charge >= 0.3 is 0 Å². The van der Waals surface area contributed by atoms with E-state index in [1.54, 1.807) is 7.11 Å². The predicted molar refractivity (Wildman–Crippen MR) is 90.6 cm³/mol. The average molecular weight is 299 g/mol. The third-order valence-corrected chi connectivity index (χ3v) is 3.59. The summed E-state index contributed by atoms with van der Waals surface area (Å²) >= 11 is 0. The van der Waals surface area contributed by atoms with E-state index in [9.17, 15) is 0 Å². The van der Waals surface area contributed by atoms with Gasteiger partial charge in [0, 0.05) is 6.54 Å². The molecule has 3 nitrogen and oxygen atoms in total. The molecule has 0 saturated heterocycles. The van der Waals surface area contributed by atoms with Gasteiger partial charge in [-0.3, -0.25) is 0 Å². The maximum Gasteiger partial charge on any atom is 0.119 e. The molecular weight excluding hydrogens is 274 g/mol. The quantitative estimate of drug-likeness (QED) is 0.714. The highest BCUT2D eigenvalue weighted by Crippen LogP contribution is 2.13. The lowest BCUT2D eigenvalue weighted by molar-refractivity contribution is 0.308. The van der Waals surface area contributed by atoms with Crippen molar-refractivity contribution in [1.82, 2.24) is 5.32 Å².